The van der Waals surface area contributed by atoms with Gasteiger partial charge in [-0.05, 0) is 60.9 Å². The van der Waals surface area contributed by atoms with E-state index in [4.69, 9.17) is 18.9 Å². The summed E-state index contributed by atoms with van der Waals surface area (Å²) in [6.07, 6.45) is 0.937. The number of fused-ring (bicyclic) bond motifs is 1. The smallest absolute Gasteiger partial charge is 0.264 e. The summed E-state index contributed by atoms with van der Waals surface area (Å²) in [6, 6.07) is 11.3. The number of hydrogen-bond donors (Lipinski definition) is 1. The summed E-state index contributed by atoms with van der Waals surface area (Å²) < 4.78 is 21.8. The molecule has 1 aromatic heterocycles. The van der Waals surface area contributed by atoms with Crippen molar-refractivity contribution in [2.45, 2.75) is 26.4 Å². The second kappa shape index (κ2) is 11.2. The fourth-order valence-electron chi connectivity index (χ4n) is 3.85. The summed E-state index contributed by atoms with van der Waals surface area (Å²) in [7, 11) is 3.31. The summed E-state index contributed by atoms with van der Waals surface area (Å²) in [5, 5.41) is 5.36. The number of hydrogen-bond acceptors (Lipinski definition) is 8. The average Bonchev–Trinajstić information content (AvgIpc) is 3.29. The monoisotopic (exact) mass is 483 g/mol. The van der Waals surface area contributed by atoms with Crippen molar-refractivity contribution >= 4 is 22.4 Å². The Hall–Kier alpha value is -3.30. The zero-order valence-corrected chi connectivity index (χ0v) is 20.4. The highest BCUT2D eigenvalue weighted by Gasteiger charge is 2.20. The number of aromatic nitrogens is 1. The maximum Gasteiger partial charge on any atom is 0.264 e. The first-order valence-corrected chi connectivity index (χ1v) is 12.0. The molecule has 0 bridgehead atoms. The van der Waals surface area contributed by atoms with Crippen LogP contribution in [0.25, 0.3) is 0 Å². The molecule has 34 heavy (non-hydrogen) atoms. The number of carbonyl (C=O) groups excluding carboxylic acids is 1. The second-order valence-corrected chi connectivity index (χ2v) is 8.68. The van der Waals surface area contributed by atoms with Crippen molar-refractivity contribution in [2.24, 2.45) is 0 Å². The molecule has 0 saturated carbocycles. The standard InChI is InChI=1S/C25H29N3O5S/c1-4-32-20-5-7-21(8-6-20)33-15-24(29)27-25-26-19(16-34-25)14-28-10-9-17-11-22(30-2)23(31-3)12-18(17)13-28/h5-8,11-12,16H,4,9-10,13-15H2,1-3H3,(H,26,27,29). The minimum absolute atomic E-state index is 0.0862. The van der Waals surface area contributed by atoms with Crippen LogP contribution in [0.3, 0.4) is 0 Å². The first kappa shape index (κ1) is 23.8. The molecule has 2 heterocycles. The lowest BCUT2D eigenvalue weighted by atomic mass is 9.98. The predicted molar refractivity (Wildman–Crippen MR) is 131 cm³/mol. The van der Waals surface area contributed by atoms with E-state index in [0.717, 1.165) is 42.5 Å². The highest BCUT2D eigenvalue weighted by molar-refractivity contribution is 7.13. The van der Waals surface area contributed by atoms with Crippen LogP contribution in [-0.4, -0.2) is 49.8 Å². The van der Waals surface area contributed by atoms with Crippen LogP contribution in [0.2, 0.25) is 0 Å². The van der Waals surface area contributed by atoms with Crippen LogP contribution in [0, 0.1) is 0 Å². The highest BCUT2D eigenvalue weighted by Crippen LogP contribution is 2.33. The molecule has 180 valence electrons. The molecule has 1 amide bonds. The van der Waals surface area contributed by atoms with Gasteiger partial charge in [0.25, 0.3) is 5.91 Å². The third-order valence-corrected chi connectivity index (χ3v) is 6.29. The van der Waals surface area contributed by atoms with Gasteiger partial charge < -0.3 is 18.9 Å². The first-order valence-electron chi connectivity index (χ1n) is 11.1. The quantitative estimate of drug-likeness (QED) is 0.464. The third kappa shape index (κ3) is 5.98. The average molecular weight is 484 g/mol. The molecule has 0 radical (unpaired) electrons. The molecule has 0 unspecified atom stereocenters. The summed E-state index contributed by atoms with van der Waals surface area (Å²) >= 11 is 1.41. The van der Waals surface area contributed by atoms with Gasteiger partial charge in [0.05, 0.1) is 26.5 Å². The molecule has 9 heteroatoms. The number of ether oxygens (including phenoxy) is 4. The van der Waals surface area contributed by atoms with Crippen LogP contribution in [0.4, 0.5) is 5.13 Å². The molecule has 8 nitrogen and oxygen atoms in total. The van der Waals surface area contributed by atoms with Gasteiger partial charge in [-0.3, -0.25) is 15.0 Å². The van der Waals surface area contributed by atoms with Gasteiger partial charge in [0, 0.05) is 25.0 Å². The maximum atomic E-state index is 12.3. The molecule has 0 atom stereocenters. The van der Waals surface area contributed by atoms with E-state index < -0.39 is 0 Å². The molecule has 0 aliphatic carbocycles. The number of nitrogens with zero attached hydrogens (tertiary/aromatic N) is 2. The van der Waals surface area contributed by atoms with Crippen molar-refractivity contribution in [1.82, 2.24) is 9.88 Å². The molecule has 4 rings (SSSR count). The van der Waals surface area contributed by atoms with Crippen LogP contribution >= 0.6 is 11.3 Å². The van der Waals surface area contributed by atoms with Crippen molar-refractivity contribution in [3.8, 4) is 23.0 Å². The van der Waals surface area contributed by atoms with Crippen molar-refractivity contribution in [3.05, 3.63) is 58.6 Å². The summed E-state index contributed by atoms with van der Waals surface area (Å²) in [5.74, 6) is 2.64. The van der Waals surface area contributed by atoms with Gasteiger partial charge in [-0.1, -0.05) is 0 Å². The lowest BCUT2D eigenvalue weighted by Gasteiger charge is -2.29. The number of carbonyl (C=O) groups is 1. The summed E-state index contributed by atoms with van der Waals surface area (Å²) in [5.41, 5.74) is 3.45. The summed E-state index contributed by atoms with van der Waals surface area (Å²) in [4.78, 5) is 19.2. The Balaban J connectivity index is 1.28. The van der Waals surface area contributed by atoms with Crippen molar-refractivity contribution in [2.75, 3.05) is 39.3 Å². The van der Waals surface area contributed by atoms with E-state index in [1.807, 2.05) is 24.4 Å². The van der Waals surface area contributed by atoms with E-state index in [0.29, 0.717) is 24.0 Å². The van der Waals surface area contributed by atoms with Gasteiger partial charge in [-0.25, -0.2) is 4.98 Å². The Labute approximate surface area is 203 Å². The molecule has 1 N–H and O–H groups in total. The SMILES string of the molecule is CCOc1ccc(OCC(=O)Nc2nc(CN3CCc4cc(OC)c(OC)cc4C3)cs2)cc1. The van der Waals surface area contributed by atoms with Crippen LogP contribution in [0.1, 0.15) is 23.7 Å². The lowest BCUT2D eigenvalue weighted by molar-refractivity contribution is -0.118. The Bertz CT molecular complexity index is 1120. The third-order valence-electron chi connectivity index (χ3n) is 5.49. The Morgan fingerprint density at radius 2 is 1.74 bits per heavy atom. The number of rotatable bonds is 10. The number of methoxy groups -OCH3 is 2. The van der Waals surface area contributed by atoms with Gasteiger partial charge in [-0.15, -0.1) is 11.3 Å². The van der Waals surface area contributed by atoms with Crippen LogP contribution < -0.4 is 24.3 Å². The molecule has 2 aromatic carbocycles. The fraction of sp³-hybridized carbons (Fsp3) is 0.360. The van der Waals surface area contributed by atoms with E-state index in [1.54, 1.807) is 26.4 Å². The minimum atomic E-state index is -0.247. The van der Waals surface area contributed by atoms with Crippen LogP contribution in [0.15, 0.2) is 41.8 Å². The zero-order valence-electron chi connectivity index (χ0n) is 19.6. The van der Waals surface area contributed by atoms with Crippen molar-refractivity contribution in [3.63, 3.8) is 0 Å². The van der Waals surface area contributed by atoms with Gasteiger partial charge in [0.15, 0.2) is 23.2 Å². The van der Waals surface area contributed by atoms with E-state index in [-0.39, 0.29) is 12.5 Å². The molecule has 0 fully saturated rings. The molecule has 3 aromatic rings. The maximum absolute atomic E-state index is 12.3. The van der Waals surface area contributed by atoms with Crippen molar-refractivity contribution < 1.29 is 23.7 Å². The van der Waals surface area contributed by atoms with Crippen LogP contribution in [-0.2, 0) is 24.3 Å². The molecule has 1 aliphatic heterocycles. The van der Waals surface area contributed by atoms with Crippen molar-refractivity contribution in [1.29, 1.82) is 0 Å². The first-order chi connectivity index (χ1) is 16.6. The van der Waals surface area contributed by atoms with E-state index in [9.17, 15) is 4.79 Å². The molecular weight excluding hydrogens is 454 g/mol. The Kier molecular flexibility index (Phi) is 7.87. The largest absolute Gasteiger partial charge is 0.494 e. The minimum Gasteiger partial charge on any atom is -0.494 e. The number of anilines is 1. The molecule has 0 spiro atoms. The van der Waals surface area contributed by atoms with Gasteiger partial charge in [0.1, 0.15) is 11.5 Å². The van der Waals surface area contributed by atoms with E-state index in [1.165, 1.54) is 22.5 Å². The van der Waals surface area contributed by atoms with Gasteiger partial charge in [-0.2, -0.15) is 0 Å². The van der Waals surface area contributed by atoms with E-state index in [2.05, 4.69) is 27.3 Å². The lowest BCUT2D eigenvalue weighted by Crippen LogP contribution is -2.30. The fourth-order valence-corrected chi connectivity index (χ4v) is 4.56. The number of nitrogens with one attached hydrogen (secondary N) is 1. The van der Waals surface area contributed by atoms with Crippen LogP contribution in [0.5, 0.6) is 23.0 Å². The molecular formula is C25H29N3O5S. The van der Waals surface area contributed by atoms with E-state index >= 15 is 0 Å². The van der Waals surface area contributed by atoms with Gasteiger partial charge in [0.2, 0.25) is 0 Å². The second-order valence-electron chi connectivity index (χ2n) is 7.82. The Morgan fingerprint density at radius 3 is 2.41 bits per heavy atom. The summed E-state index contributed by atoms with van der Waals surface area (Å²) in [6.45, 7) is 4.90. The number of amides is 1. The van der Waals surface area contributed by atoms with Gasteiger partial charge >= 0.3 is 0 Å². The normalized spacial score (nSPS) is 13.1. The Morgan fingerprint density at radius 1 is 1.06 bits per heavy atom. The highest BCUT2D eigenvalue weighted by atomic mass is 32.1. The number of benzene rings is 2. The molecule has 0 saturated heterocycles. The topological polar surface area (TPSA) is 82.2 Å². The number of thiazole rings is 1. The predicted octanol–water partition coefficient (Wildman–Crippen LogP) is 4.13. The zero-order chi connectivity index (χ0) is 23.9. The molecule has 1 aliphatic rings.